The van der Waals surface area contributed by atoms with Gasteiger partial charge in [-0.15, -0.1) is 0 Å². The van der Waals surface area contributed by atoms with E-state index in [1.54, 1.807) is 29.2 Å². The molecule has 35 heavy (non-hydrogen) atoms. The Bertz CT molecular complexity index is 1310. The van der Waals surface area contributed by atoms with Crippen molar-refractivity contribution >= 4 is 40.4 Å². The fraction of sp³-hybridized carbons (Fsp3) is 0.240. The number of anilines is 1. The maximum Gasteiger partial charge on any atom is 0.248 e. The van der Waals surface area contributed by atoms with Crippen LogP contribution in [0.15, 0.2) is 54.9 Å². The summed E-state index contributed by atoms with van der Waals surface area (Å²) in [5, 5.41) is 8.32. The summed E-state index contributed by atoms with van der Waals surface area (Å²) in [7, 11) is 1.51. The largest absolute Gasteiger partial charge is 0.384 e. The molecule has 0 aliphatic carbocycles. The number of ether oxygens (including phenoxy) is 1. The number of nitrogens with one attached hydrogen (secondary N) is 1. The van der Waals surface area contributed by atoms with E-state index in [2.05, 4.69) is 9.97 Å². The molecule has 1 atom stereocenters. The summed E-state index contributed by atoms with van der Waals surface area (Å²) in [6, 6.07) is 11.9. The summed E-state index contributed by atoms with van der Waals surface area (Å²) >= 11 is 0. The van der Waals surface area contributed by atoms with Gasteiger partial charge in [0.2, 0.25) is 11.8 Å². The number of hydrogen-bond donors (Lipinski definition) is 3. The molecular formula is C25H27N7O3. The Balaban J connectivity index is 1.48. The molecule has 4 rings (SSSR count). The predicted molar refractivity (Wildman–Crippen MR) is 133 cm³/mol. The van der Waals surface area contributed by atoms with E-state index in [0.29, 0.717) is 36.5 Å². The van der Waals surface area contributed by atoms with Crippen molar-refractivity contribution in [2.24, 2.45) is 5.73 Å². The van der Waals surface area contributed by atoms with Crippen molar-refractivity contribution in [2.45, 2.75) is 12.6 Å². The molecule has 10 nitrogen and oxygen atoms in total. The van der Waals surface area contributed by atoms with E-state index in [0.717, 1.165) is 16.5 Å². The number of methoxy groups -OCH3 is 1. The average molecular weight is 474 g/mol. The highest BCUT2D eigenvalue weighted by molar-refractivity contribution is 5.98. The van der Waals surface area contributed by atoms with E-state index in [-0.39, 0.29) is 24.3 Å². The van der Waals surface area contributed by atoms with Gasteiger partial charge in [0.05, 0.1) is 12.1 Å². The third kappa shape index (κ3) is 5.28. The summed E-state index contributed by atoms with van der Waals surface area (Å²) in [6.45, 7) is 1.24. The molecule has 10 heteroatoms. The smallest absolute Gasteiger partial charge is 0.248 e. The number of carbonyl (C=O) groups is 2. The molecule has 0 spiro atoms. The summed E-state index contributed by atoms with van der Waals surface area (Å²) in [6.07, 6.45) is 4.49. The van der Waals surface area contributed by atoms with Crippen LogP contribution in [-0.2, 0) is 20.9 Å². The van der Waals surface area contributed by atoms with Gasteiger partial charge >= 0.3 is 0 Å². The minimum atomic E-state index is -0.729. The van der Waals surface area contributed by atoms with Crippen molar-refractivity contribution in [3.63, 3.8) is 0 Å². The Kier molecular flexibility index (Phi) is 7.02. The number of amidine groups is 1. The first kappa shape index (κ1) is 23.8. The van der Waals surface area contributed by atoms with Crippen LogP contribution in [0.2, 0.25) is 0 Å². The van der Waals surface area contributed by atoms with Crippen molar-refractivity contribution in [3.8, 4) is 0 Å². The second-order valence-corrected chi connectivity index (χ2v) is 8.25. The maximum absolute atomic E-state index is 13.3. The Morgan fingerprint density at radius 2 is 2.06 bits per heavy atom. The molecule has 3 aromatic rings. The number of benzene rings is 2. The molecule has 0 bridgehead atoms. The number of fused-ring (bicyclic) bond motifs is 1. The van der Waals surface area contributed by atoms with Gasteiger partial charge in [0.25, 0.3) is 0 Å². The standard InChI is InChI=1S/C25H27N7O3/c1-35-14-21-25(34)31(13-17-5-7-19-20(12-17)29-15-30-24(19)28)9-10-32(21)22(33)8-6-16-3-2-4-18(11-16)23(26)27/h2-8,11-12,15,21H,9-10,13-14H2,1H3,(H3,26,27)(H2,28,29,30)/t21-/m0/s1. The highest BCUT2D eigenvalue weighted by atomic mass is 16.5. The first-order chi connectivity index (χ1) is 16.9. The Morgan fingerprint density at radius 3 is 2.83 bits per heavy atom. The van der Waals surface area contributed by atoms with Gasteiger partial charge in [0.1, 0.15) is 24.0 Å². The zero-order chi connectivity index (χ0) is 24.9. The van der Waals surface area contributed by atoms with Crippen LogP contribution in [0.4, 0.5) is 5.82 Å². The van der Waals surface area contributed by atoms with Gasteiger partial charge in [-0.05, 0) is 35.4 Å². The first-order valence-corrected chi connectivity index (χ1v) is 11.1. The van der Waals surface area contributed by atoms with E-state index in [1.165, 1.54) is 24.4 Å². The molecule has 0 saturated carbocycles. The molecule has 1 fully saturated rings. The number of amides is 2. The number of piperazine rings is 1. The molecule has 2 amide bonds. The number of nitrogens with zero attached hydrogens (tertiary/aromatic N) is 4. The molecule has 5 N–H and O–H groups in total. The lowest BCUT2D eigenvalue weighted by Gasteiger charge is -2.40. The molecule has 0 unspecified atom stereocenters. The van der Waals surface area contributed by atoms with Crippen LogP contribution in [0, 0.1) is 5.41 Å². The molecule has 1 aliphatic heterocycles. The van der Waals surface area contributed by atoms with E-state index < -0.39 is 6.04 Å². The molecule has 180 valence electrons. The van der Waals surface area contributed by atoms with E-state index in [9.17, 15) is 9.59 Å². The second kappa shape index (κ2) is 10.3. The van der Waals surface area contributed by atoms with Crippen molar-refractivity contribution in [1.29, 1.82) is 5.41 Å². The fourth-order valence-electron chi connectivity index (χ4n) is 4.09. The van der Waals surface area contributed by atoms with Crippen LogP contribution in [0.25, 0.3) is 17.0 Å². The highest BCUT2D eigenvalue weighted by Crippen LogP contribution is 2.21. The molecule has 2 heterocycles. The highest BCUT2D eigenvalue weighted by Gasteiger charge is 2.36. The predicted octanol–water partition coefficient (Wildman–Crippen LogP) is 1.40. The van der Waals surface area contributed by atoms with Crippen molar-refractivity contribution in [2.75, 3.05) is 32.5 Å². The maximum atomic E-state index is 13.3. The normalized spacial score (nSPS) is 16.3. The minimum absolute atomic E-state index is 0.0456. The lowest BCUT2D eigenvalue weighted by atomic mass is 10.1. The third-order valence-electron chi connectivity index (χ3n) is 5.91. The number of nitrogen functional groups attached to an aromatic ring is 2. The Morgan fingerprint density at radius 1 is 1.23 bits per heavy atom. The van der Waals surface area contributed by atoms with Crippen molar-refractivity contribution in [3.05, 3.63) is 71.6 Å². The van der Waals surface area contributed by atoms with E-state index in [1.807, 2.05) is 24.3 Å². The number of nitrogens with two attached hydrogens (primary N) is 2. The summed E-state index contributed by atoms with van der Waals surface area (Å²) in [5.41, 5.74) is 14.4. The van der Waals surface area contributed by atoms with Gasteiger partial charge in [-0.3, -0.25) is 15.0 Å². The summed E-state index contributed by atoms with van der Waals surface area (Å²) < 4.78 is 5.27. The van der Waals surface area contributed by atoms with E-state index in [4.69, 9.17) is 21.6 Å². The number of rotatable bonds is 7. The number of aromatic nitrogens is 2. The van der Waals surface area contributed by atoms with Crippen LogP contribution < -0.4 is 11.5 Å². The molecule has 1 saturated heterocycles. The lowest BCUT2D eigenvalue weighted by Crippen LogP contribution is -2.59. The van der Waals surface area contributed by atoms with E-state index >= 15 is 0 Å². The van der Waals surface area contributed by atoms with Crippen LogP contribution in [0.1, 0.15) is 16.7 Å². The minimum Gasteiger partial charge on any atom is -0.384 e. The van der Waals surface area contributed by atoms with Gasteiger partial charge < -0.3 is 26.0 Å². The quantitative estimate of drug-likeness (QED) is 0.266. The monoisotopic (exact) mass is 473 g/mol. The third-order valence-corrected chi connectivity index (χ3v) is 5.91. The Hall–Kier alpha value is -4.31. The zero-order valence-electron chi connectivity index (χ0n) is 19.3. The molecule has 1 aromatic heterocycles. The van der Waals surface area contributed by atoms with Gasteiger partial charge in [0, 0.05) is 43.8 Å². The first-order valence-electron chi connectivity index (χ1n) is 11.1. The molecule has 2 aromatic carbocycles. The van der Waals surface area contributed by atoms with Crippen LogP contribution in [0.3, 0.4) is 0 Å². The van der Waals surface area contributed by atoms with Crippen molar-refractivity contribution in [1.82, 2.24) is 19.8 Å². The van der Waals surface area contributed by atoms with Crippen molar-refractivity contribution < 1.29 is 14.3 Å². The lowest BCUT2D eigenvalue weighted by molar-refractivity contribution is -0.152. The fourth-order valence-corrected chi connectivity index (χ4v) is 4.09. The molecule has 1 aliphatic rings. The van der Waals surface area contributed by atoms with Crippen LogP contribution in [0.5, 0.6) is 0 Å². The zero-order valence-corrected chi connectivity index (χ0v) is 19.3. The van der Waals surface area contributed by atoms with Gasteiger partial charge in [-0.25, -0.2) is 9.97 Å². The summed E-state index contributed by atoms with van der Waals surface area (Å²) in [4.78, 5) is 37.8. The Labute approximate surface area is 202 Å². The summed E-state index contributed by atoms with van der Waals surface area (Å²) in [5.74, 6) is -0.103. The molecule has 0 radical (unpaired) electrons. The molecular weight excluding hydrogens is 446 g/mol. The number of hydrogen-bond acceptors (Lipinski definition) is 7. The van der Waals surface area contributed by atoms with Gasteiger partial charge in [0.15, 0.2) is 0 Å². The van der Waals surface area contributed by atoms with Gasteiger partial charge in [-0.2, -0.15) is 0 Å². The van der Waals surface area contributed by atoms with Gasteiger partial charge in [-0.1, -0.05) is 24.3 Å². The SMILES string of the molecule is COC[C@H]1C(=O)N(Cc2ccc3c(N)ncnc3c2)CCN1C(=O)C=Cc1cccc(C(=N)N)c1. The average Bonchev–Trinajstić information content (AvgIpc) is 2.85. The van der Waals surface area contributed by atoms with Crippen LogP contribution >= 0.6 is 0 Å². The topological polar surface area (TPSA) is 152 Å². The van der Waals surface area contributed by atoms with Crippen LogP contribution in [-0.4, -0.2) is 70.3 Å². The number of carbonyl (C=O) groups excluding carboxylic acids is 2. The second-order valence-electron chi connectivity index (χ2n) is 8.25.